The fourth-order valence-corrected chi connectivity index (χ4v) is 7.24. The molecule has 0 unspecified atom stereocenters. The summed E-state index contributed by atoms with van der Waals surface area (Å²) >= 11 is 0. The molecule has 18 nitrogen and oxygen atoms in total. The zero-order valence-corrected chi connectivity index (χ0v) is 36.7. The van der Waals surface area contributed by atoms with Crippen LogP contribution in [0.5, 0.6) is 11.5 Å². The number of methoxy groups -OCH3 is 2. The summed E-state index contributed by atoms with van der Waals surface area (Å²) in [6, 6.07) is 47.4. The van der Waals surface area contributed by atoms with E-state index in [1.54, 1.807) is 23.4 Å². The van der Waals surface area contributed by atoms with Gasteiger partial charge in [0.25, 0.3) is 0 Å². The third kappa shape index (κ3) is 10.0. The number of carboxylic acids is 2. The van der Waals surface area contributed by atoms with Crippen molar-refractivity contribution in [2.75, 3.05) is 36.3 Å². The highest BCUT2D eigenvalue weighted by Crippen LogP contribution is 2.33. The van der Waals surface area contributed by atoms with Gasteiger partial charge in [0.15, 0.2) is 0 Å². The number of anilines is 4. The lowest BCUT2D eigenvalue weighted by atomic mass is 10.2. The topological polar surface area (TPSA) is 256 Å². The van der Waals surface area contributed by atoms with Crippen LogP contribution in [0.4, 0.5) is 23.5 Å². The second kappa shape index (κ2) is 20.5. The van der Waals surface area contributed by atoms with E-state index in [-0.39, 0.29) is 0 Å². The van der Waals surface area contributed by atoms with Crippen LogP contribution in [0, 0.1) is 0 Å². The van der Waals surface area contributed by atoms with Gasteiger partial charge in [0, 0.05) is 36.0 Å². The number of carbonyl (C=O) groups is 2. The molecule has 68 heavy (non-hydrogen) atoms. The number of nitrogen functional groups attached to an aromatic ring is 2. The molecule has 0 aliphatic heterocycles. The molecule has 10 rings (SSSR count). The van der Waals surface area contributed by atoms with Crippen molar-refractivity contribution in [2.45, 2.75) is 13.1 Å². The lowest BCUT2D eigenvalue weighted by molar-refractivity contribution is -0.134. The summed E-state index contributed by atoms with van der Waals surface area (Å²) in [6.07, 6.45) is 1.12. The summed E-state index contributed by atoms with van der Waals surface area (Å²) in [5.74, 6) is 1.77. The Labute approximate surface area is 388 Å². The van der Waals surface area contributed by atoms with E-state index < -0.39 is 11.9 Å². The standard InChI is InChI=1S/2C23H20N6O.C4H4O4/c2*1-30-19-13-7-10-16-20(19)27-23(28-21(16)25-14-15-8-3-2-4-9-15)29-18-12-6-5-11-17(18)26-22(29)24;5-3(6)1-2-4(7)8/h2*2-13H,14H2,1H3,(H2,24,26)(H,25,27,28);1-2H,(H,5,6)(H,7,8)/b;;2-1+. The number of para-hydroxylation sites is 6. The number of nitrogens with one attached hydrogen (secondary N) is 2. The number of hydrogen-bond acceptors (Lipinski definition) is 14. The molecule has 4 aromatic heterocycles. The molecule has 18 heteroatoms. The van der Waals surface area contributed by atoms with Gasteiger partial charge in [-0.2, -0.15) is 9.97 Å². The fourth-order valence-electron chi connectivity index (χ4n) is 7.24. The monoisotopic (exact) mass is 908 g/mol. The Kier molecular flexibility index (Phi) is 13.6. The first kappa shape index (κ1) is 45.0. The molecule has 0 fully saturated rings. The molecule has 10 aromatic rings. The van der Waals surface area contributed by atoms with Gasteiger partial charge in [-0.25, -0.2) is 38.7 Å². The average molecular weight is 909 g/mol. The molecule has 0 aliphatic rings. The van der Waals surface area contributed by atoms with Crippen LogP contribution in [-0.2, 0) is 22.7 Å². The van der Waals surface area contributed by atoms with Crippen LogP contribution in [0.3, 0.4) is 0 Å². The lowest BCUT2D eigenvalue weighted by Gasteiger charge is -2.14. The summed E-state index contributed by atoms with van der Waals surface area (Å²) in [6.45, 7) is 1.26. The van der Waals surface area contributed by atoms with Crippen LogP contribution in [0.2, 0.25) is 0 Å². The highest BCUT2D eigenvalue weighted by atomic mass is 16.5. The summed E-state index contributed by atoms with van der Waals surface area (Å²) in [7, 11) is 3.27. The Balaban J connectivity index is 0.000000159. The average Bonchev–Trinajstić information content (AvgIpc) is 3.89. The van der Waals surface area contributed by atoms with Crippen molar-refractivity contribution in [1.82, 2.24) is 39.0 Å². The first-order valence-corrected chi connectivity index (χ1v) is 21.0. The van der Waals surface area contributed by atoms with Gasteiger partial charge in [0.05, 0.1) is 36.3 Å². The largest absolute Gasteiger partial charge is 0.494 e. The molecule has 0 atom stereocenters. The molecule has 0 bridgehead atoms. The van der Waals surface area contributed by atoms with E-state index in [0.717, 1.165) is 44.0 Å². The van der Waals surface area contributed by atoms with Gasteiger partial charge in [0.1, 0.15) is 34.2 Å². The number of aromatic nitrogens is 8. The highest BCUT2D eigenvalue weighted by Gasteiger charge is 2.19. The van der Waals surface area contributed by atoms with Crippen LogP contribution >= 0.6 is 0 Å². The van der Waals surface area contributed by atoms with Crippen molar-refractivity contribution in [3.8, 4) is 23.4 Å². The number of ether oxygens (including phenoxy) is 2. The van der Waals surface area contributed by atoms with Crippen molar-refractivity contribution in [2.24, 2.45) is 0 Å². The minimum Gasteiger partial charge on any atom is -0.494 e. The fraction of sp³-hybridized carbons (Fsp3) is 0.0800. The van der Waals surface area contributed by atoms with Crippen molar-refractivity contribution < 1.29 is 29.3 Å². The molecule has 6 aromatic carbocycles. The number of benzene rings is 6. The van der Waals surface area contributed by atoms with E-state index in [2.05, 4.69) is 44.9 Å². The van der Waals surface area contributed by atoms with Gasteiger partial charge in [-0.1, -0.05) is 97.1 Å². The number of nitrogens with two attached hydrogens (primary N) is 2. The molecule has 0 radical (unpaired) electrons. The van der Waals surface area contributed by atoms with E-state index in [1.165, 1.54) is 0 Å². The summed E-state index contributed by atoms with van der Waals surface area (Å²) < 4.78 is 14.6. The van der Waals surface area contributed by atoms with E-state index in [9.17, 15) is 9.59 Å². The van der Waals surface area contributed by atoms with E-state index in [1.807, 2.05) is 121 Å². The summed E-state index contributed by atoms with van der Waals surface area (Å²) in [4.78, 5) is 47.2. The van der Waals surface area contributed by atoms with Gasteiger partial charge in [-0.05, 0) is 59.7 Å². The number of aliphatic carboxylic acids is 2. The molecule has 0 saturated carbocycles. The molecular formula is C50H44N12O6. The molecule has 340 valence electrons. The smallest absolute Gasteiger partial charge is 0.328 e. The quantitative estimate of drug-likeness (QED) is 0.0634. The maximum absolute atomic E-state index is 9.55. The highest BCUT2D eigenvalue weighted by molar-refractivity contribution is 5.95. The minimum atomic E-state index is -1.26. The van der Waals surface area contributed by atoms with Crippen molar-refractivity contribution in [3.63, 3.8) is 0 Å². The van der Waals surface area contributed by atoms with Crippen molar-refractivity contribution >= 4 is 79.3 Å². The minimum absolute atomic E-state index is 0.333. The third-order valence-electron chi connectivity index (χ3n) is 10.3. The maximum Gasteiger partial charge on any atom is 0.328 e. The van der Waals surface area contributed by atoms with Crippen molar-refractivity contribution in [1.29, 1.82) is 0 Å². The number of rotatable bonds is 12. The Morgan fingerprint density at radius 1 is 0.515 bits per heavy atom. The lowest BCUT2D eigenvalue weighted by Crippen LogP contribution is -2.10. The first-order valence-electron chi connectivity index (χ1n) is 21.0. The van der Waals surface area contributed by atoms with Gasteiger partial charge >= 0.3 is 11.9 Å². The van der Waals surface area contributed by atoms with E-state index >= 15 is 0 Å². The predicted molar refractivity (Wildman–Crippen MR) is 262 cm³/mol. The van der Waals surface area contributed by atoms with Crippen molar-refractivity contribution in [3.05, 3.63) is 169 Å². The van der Waals surface area contributed by atoms with E-state index in [0.29, 0.717) is 83.2 Å². The predicted octanol–water partition coefficient (Wildman–Crippen LogP) is 8.06. The maximum atomic E-state index is 9.55. The molecule has 0 saturated heterocycles. The van der Waals surface area contributed by atoms with Crippen LogP contribution in [0.25, 0.3) is 55.8 Å². The zero-order chi connectivity index (χ0) is 47.6. The van der Waals surface area contributed by atoms with Crippen LogP contribution in [-0.4, -0.2) is 75.4 Å². The first-order chi connectivity index (χ1) is 33.1. The molecule has 0 amide bonds. The number of imidazole rings is 2. The third-order valence-corrected chi connectivity index (χ3v) is 10.3. The van der Waals surface area contributed by atoms with Gasteiger partial charge in [-0.3, -0.25) is 0 Å². The molecule has 8 N–H and O–H groups in total. The number of carboxylic acid groups (broad SMARTS) is 2. The van der Waals surface area contributed by atoms with Crippen LogP contribution in [0.15, 0.2) is 158 Å². The second-order valence-electron chi connectivity index (χ2n) is 14.7. The van der Waals surface area contributed by atoms with Gasteiger partial charge in [0.2, 0.25) is 23.8 Å². The zero-order valence-electron chi connectivity index (χ0n) is 36.7. The molecule has 0 spiro atoms. The normalized spacial score (nSPS) is 10.9. The van der Waals surface area contributed by atoms with Crippen LogP contribution < -0.4 is 31.6 Å². The van der Waals surface area contributed by atoms with Crippen LogP contribution in [0.1, 0.15) is 11.1 Å². The Bertz CT molecular complexity index is 3210. The summed E-state index contributed by atoms with van der Waals surface area (Å²) in [5, 5.41) is 24.3. The Morgan fingerprint density at radius 2 is 0.897 bits per heavy atom. The Hall–Kier alpha value is -9.58. The summed E-state index contributed by atoms with van der Waals surface area (Å²) in [5.41, 5.74) is 19.5. The molecule has 4 heterocycles. The van der Waals surface area contributed by atoms with E-state index in [4.69, 9.17) is 51.1 Å². The van der Waals surface area contributed by atoms with Gasteiger partial charge < -0.3 is 41.8 Å². The number of fused-ring (bicyclic) bond motifs is 4. The number of hydrogen-bond donors (Lipinski definition) is 6. The molecule has 0 aliphatic carbocycles. The SMILES string of the molecule is COc1cccc2c(NCc3ccccc3)nc(-n3c(N)nc4ccccc43)nc12.COc1cccc2c(NCc3ccccc3)nc(-n3c(N)nc4ccccc43)nc12.O=C(O)/C=C/C(=O)O. The Morgan fingerprint density at radius 3 is 1.28 bits per heavy atom. The number of nitrogens with zero attached hydrogens (tertiary/aromatic N) is 8. The van der Waals surface area contributed by atoms with Gasteiger partial charge in [-0.15, -0.1) is 0 Å². The second-order valence-corrected chi connectivity index (χ2v) is 14.7. The molecular weight excluding hydrogens is 865 g/mol.